The van der Waals surface area contributed by atoms with Crippen molar-refractivity contribution in [1.29, 1.82) is 0 Å². The van der Waals surface area contributed by atoms with Crippen LogP contribution in [0.3, 0.4) is 0 Å². The van der Waals surface area contributed by atoms with Crippen molar-refractivity contribution in [1.82, 2.24) is 0 Å². The molecule has 0 spiro atoms. The molecule has 0 rings (SSSR count). The summed E-state index contributed by atoms with van der Waals surface area (Å²) < 4.78 is 0. The van der Waals surface area contributed by atoms with Crippen LogP contribution in [-0.2, 0) is 4.79 Å². The average molecular weight is 198 g/mol. The molecule has 14 heavy (non-hydrogen) atoms. The van der Waals surface area contributed by atoms with E-state index in [2.05, 4.69) is 20.8 Å². The van der Waals surface area contributed by atoms with Crippen molar-refractivity contribution >= 4 is 5.97 Å². The third kappa shape index (κ3) is 5.05. The molecule has 0 heterocycles. The minimum atomic E-state index is -0.842. The van der Waals surface area contributed by atoms with Gasteiger partial charge in [0.1, 0.15) is 0 Å². The standard InChI is InChI=1S/C12H22O2/c1-5-6-7-8-12(3,4)10(2)9-11(13)14/h9H,5-8H2,1-4H3,(H,13,14). The monoisotopic (exact) mass is 198 g/mol. The molecule has 0 aliphatic rings. The Labute approximate surface area is 87.0 Å². The number of carbonyl (C=O) groups is 1. The van der Waals surface area contributed by atoms with Gasteiger partial charge in [0, 0.05) is 6.08 Å². The summed E-state index contributed by atoms with van der Waals surface area (Å²) in [6.07, 6.45) is 6.00. The Kier molecular flexibility index (Phi) is 5.51. The summed E-state index contributed by atoms with van der Waals surface area (Å²) in [4.78, 5) is 10.5. The number of aliphatic carboxylic acids is 1. The van der Waals surface area contributed by atoms with E-state index in [1.54, 1.807) is 0 Å². The molecule has 2 heteroatoms. The van der Waals surface area contributed by atoms with Gasteiger partial charge in [-0.05, 0) is 18.8 Å². The van der Waals surface area contributed by atoms with Gasteiger partial charge in [-0.3, -0.25) is 0 Å². The second-order valence-electron chi connectivity index (χ2n) is 4.51. The predicted octanol–water partition coefficient (Wildman–Crippen LogP) is 3.62. The van der Waals surface area contributed by atoms with Gasteiger partial charge in [0.05, 0.1) is 0 Å². The van der Waals surface area contributed by atoms with Crippen LogP contribution in [-0.4, -0.2) is 11.1 Å². The maximum absolute atomic E-state index is 10.5. The van der Waals surface area contributed by atoms with E-state index in [1.165, 1.54) is 25.3 Å². The first-order valence-corrected chi connectivity index (χ1v) is 5.32. The Balaban J connectivity index is 4.22. The van der Waals surface area contributed by atoms with E-state index in [9.17, 15) is 4.79 Å². The van der Waals surface area contributed by atoms with Gasteiger partial charge >= 0.3 is 5.97 Å². The highest BCUT2D eigenvalue weighted by molar-refractivity contribution is 5.80. The van der Waals surface area contributed by atoms with Crippen molar-refractivity contribution in [3.05, 3.63) is 11.6 Å². The smallest absolute Gasteiger partial charge is 0.328 e. The van der Waals surface area contributed by atoms with Gasteiger partial charge in [0.25, 0.3) is 0 Å². The molecule has 0 aromatic carbocycles. The lowest BCUT2D eigenvalue weighted by atomic mass is 9.80. The van der Waals surface area contributed by atoms with Crippen LogP contribution >= 0.6 is 0 Å². The van der Waals surface area contributed by atoms with Gasteiger partial charge in [-0.15, -0.1) is 0 Å². The zero-order valence-electron chi connectivity index (χ0n) is 9.76. The Morgan fingerprint density at radius 2 is 1.93 bits per heavy atom. The van der Waals surface area contributed by atoms with Crippen LogP contribution in [0.25, 0.3) is 0 Å². The number of carboxylic acids is 1. The Morgan fingerprint density at radius 1 is 1.36 bits per heavy atom. The van der Waals surface area contributed by atoms with Crippen molar-refractivity contribution in [3.63, 3.8) is 0 Å². The first-order chi connectivity index (χ1) is 6.40. The second-order valence-corrected chi connectivity index (χ2v) is 4.51. The quantitative estimate of drug-likeness (QED) is 0.522. The summed E-state index contributed by atoms with van der Waals surface area (Å²) in [7, 11) is 0. The molecule has 0 unspecified atom stereocenters. The minimum Gasteiger partial charge on any atom is -0.478 e. The van der Waals surface area contributed by atoms with Gasteiger partial charge in [0.15, 0.2) is 0 Å². The van der Waals surface area contributed by atoms with Gasteiger partial charge in [-0.25, -0.2) is 4.79 Å². The third-order valence-electron chi connectivity index (χ3n) is 2.81. The van der Waals surface area contributed by atoms with E-state index >= 15 is 0 Å². The number of unbranched alkanes of at least 4 members (excludes halogenated alkanes) is 2. The molecule has 0 fully saturated rings. The number of carboxylic acid groups (broad SMARTS) is 1. The molecule has 2 nitrogen and oxygen atoms in total. The maximum Gasteiger partial charge on any atom is 0.328 e. The van der Waals surface area contributed by atoms with Gasteiger partial charge in [0.2, 0.25) is 0 Å². The molecule has 0 aromatic heterocycles. The molecule has 0 amide bonds. The molecular weight excluding hydrogens is 176 g/mol. The lowest BCUT2D eigenvalue weighted by molar-refractivity contribution is -0.131. The lowest BCUT2D eigenvalue weighted by Crippen LogP contribution is -2.14. The van der Waals surface area contributed by atoms with Crippen LogP contribution in [0.2, 0.25) is 0 Å². The first-order valence-electron chi connectivity index (χ1n) is 5.32. The zero-order chi connectivity index (χ0) is 11.2. The molecule has 0 atom stereocenters. The maximum atomic E-state index is 10.5. The summed E-state index contributed by atoms with van der Waals surface area (Å²) in [5, 5.41) is 8.64. The van der Waals surface area contributed by atoms with E-state index in [-0.39, 0.29) is 5.41 Å². The second kappa shape index (κ2) is 5.84. The van der Waals surface area contributed by atoms with E-state index in [0.717, 1.165) is 12.0 Å². The fraction of sp³-hybridized carbons (Fsp3) is 0.750. The summed E-state index contributed by atoms with van der Waals surface area (Å²) in [6.45, 7) is 8.29. The molecule has 0 aromatic rings. The molecule has 0 radical (unpaired) electrons. The van der Waals surface area contributed by atoms with Crippen LogP contribution < -0.4 is 0 Å². The molecule has 1 N–H and O–H groups in total. The highest BCUT2D eigenvalue weighted by Crippen LogP contribution is 2.31. The molecule has 0 saturated heterocycles. The molecule has 0 saturated carbocycles. The number of hydrogen-bond donors (Lipinski definition) is 1. The number of hydrogen-bond acceptors (Lipinski definition) is 1. The summed E-state index contributed by atoms with van der Waals surface area (Å²) in [5.41, 5.74) is 0.981. The molecule has 0 aliphatic carbocycles. The normalized spacial score (nSPS) is 13.0. The zero-order valence-corrected chi connectivity index (χ0v) is 9.76. The summed E-state index contributed by atoms with van der Waals surface area (Å²) >= 11 is 0. The highest BCUT2D eigenvalue weighted by Gasteiger charge is 2.19. The minimum absolute atomic E-state index is 0.0214. The molecule has 0 aliphatic heterocycles. The average Bonchev–Trinajstić information content (AvgIpc) is 2.03. The number of allylic oxidation sites excluding steroid dienone is 1. The fourth-order valence-corrected chi connectivity index (χ4v) is 1.39. The largest absolute Gasteiger partial charge is 0.478 e. The van der Waals surface area contributed by atoms with Crippen molar-refractivity contribution in [2.24, 2.45) is 5.41 Å². The van der Waals surface area contributed by atoms with E-state index in [1.807, 2.05) is 6.92 Å². The topological polar surface area (TPSA) is 37.3 Å². The summed E-state index contributed by atoms with van der Waals surface area (Å²) in [5.74, 6) is -0.842. The van der Waals surface area contributed by atoms with Crippen molar-refractivity contribution in [2.75, 3.05) is 0 Å². The van der Waals surface area contributed by atoms with Gasteiger partial charge in [-0.1, -0.05) is 45.6 Å². The number of rotatable bonds is 6. The van der Waals surface area contributed by atoms with E-state index in [4.69, 9.17) is 5.11 Å². The fourth-order valence-electron chi connectivity index (χ4n) is 1.39. The Morgan fingerprint density at radius 3 is 2.36 bits per heavy atom. The predicted molar refractivity (Wildman–Crippen MR) is 59.3 cm³/mol. The van der Waals surface area contributed by atoms with Crippen LogP contribution in [0.5, 0.6) is 0 Å². The van der Waals surface area contributed by atoms with Crippen molar-refractivity contribution in [3.8, 4) is 0 Å². The molecule has 82 valence electrons. The van der Waals surface area contributed by atoms with E-state index in [0.29, 0.717) is 0 Å². The van der Waals surface area contributed by atoms with Crippen molar-refractivity contribution < 1.29 is 9.90 Å². The summed E-state index contributed by atoms with van der Waals surface area (Å²) in [6, 6.07) is 0. The lowest BCUT2D eigenvalue weighted by Gasteiger charge is -2.25. The van der Waals surface area contributed by atoms with Crippen LogP contribution in [0.4, 0.5) is 0 Å². The molecule has 0 bridgehead atoms. The first kappa shape index (κ1) is 13.2. The van der Waals surface area contributed by atoms with Gasteiger partial charge < -0.3 is 5.11 Å². The highest BCUT2D eigenvalue weighted by atomic mass is 16.4. The van der Waals surface area contributed by atoms with Gasteiger partial charge in [-0.2, -0.15) is 0 Å². The van der Waals surface area contributed by atoms with Crippen LogP contribution in [0.15, 0.2) is 11.6 Å². The third-order valence-corrected chi connectivity index (χ3v) is 2.81. The Bertz CT molecular complexity index is 214. The van der Waals surface area contributed by atoms with Crippen LogP contribution in [0, 0.1) is 5.41 Å². The van der Waals surface area contributed by atoms with E-state index < -0.39 is 5.97 Å². The van der Waals surface area contributed by atoms with Crippen LogP contribution in [0.1, 0.15) is 53.4 Å². The SMILES string of the molecule is CCCCCC(C)(C)C(C)=CC(=O)O. The molecular formula is C12H22O2. The van der Waals surface area contributed by atoms with Crippen molar-refractivity contribution in [2.45, 2.75) is 53.4 Å². The Hall–Kier alpha value is -0.790.